The van der Waals surface area contributed by atoms with E-state index in [0.29, 0.717) is 28.4 Å². The number of rotatable bonds is 6. The first-order chi connectivity index (χ1) is 11.6. The van der Waals surface area contributed by atoms with Crippen molar-refractivity contribution in [3.8, 4) is 0 Å². The number of carbonyl (C=O) groups excluding carboxylic acids is 3. The number of carbonyl (C=O) groups is 3. The molecule has 0 saturated carbocycles. The molecule has 1 unspecified atom stereocenters. The van der Waals surface area contributed by atoms with Gasteiger partial charge in [-0.3, -0.25) is 19.3 Å². The molecule has 0 radical (unpaired) electrons. The van der Waals surface area contributed by atoms with Crippen LogP contribution < -0.4 is 5.32 Å². The maximum Gasteiger partial charge on any atom is 0.262 e. The van der Waals surface area contributed by atoms with Crippen LogP contribution in [0, 0.1) is 0 Å². The van der Waals surface area contributed by atoms with E-state index in [-0.39, 0.29) is 0 Å². The summed E-state index contributed by atoms with van der Waals surface area (Å²) in [5.41, 5.74) is 0.692. The second kappa shape index (κ2) is 7.14. The summed E-state index contributed by atoms with van der Waals surface area (Å²) in [6, 6.07) is 5.79. The summed E-state index contributed by atoms with van der Waals surface area (Å²) in [5, 5.41) is 4.88. The fraction of sp³-hybridized carbons (Fsp3) is 0.250. The monoisotopic (exact) mass is 361 g/mol. The summed E-state index contributed by atoms with van der Waals surface area (Å²) in [4.78, 5) is 43.0. The fourth-order valence-corrected chi connectivity index (χ4v) is 3.56. The Morgan fingerprint density at radius 3 is 2.50 bits per heavy atom. The highest BCUT2D eigenvalue weighted by atomic mass is 32.2. The molecule has 8 heteroatoms. The molecule has 0 spiro atoms. The molecule has 0 bridgehead atoms. The van der Waals surface area contributed by atoms with Gasteiger partial charge < -0.3 is 5.32 Å². The molecule has 1 aromatic heterocycles. The third-order valence-corrected chi connectivity index (χ3v) is 5.03. The van der Waals surface area contributed by atoms with Crippen LogP contribution in [0.15, 0.2) is 35.8 Å². The summed E-state index contributed by atoms with van der Waals surface area (Å²) in [6.07, 6.45) is 3.89. The molecule has 0 saturated heterocycles. The predicted molar refractivity (Wildman–Crippen MR) is 94.5 cm³/mol. The first-order valence-corrected chi connectivity index (χ1v) is 9.57. The first-order valence-electron chi connectivity index (χ1n) is 7.29. The van der Waals surface area contributed by atoms with E-state index in [1.165, 1.54) is 11.3 Å². The molecule has 24 heavy (non-hydrogen) atoms. The van der Waals surface area contributed by atoms with Crippen LogP contribution in [0.3, 0.4) is 0 Å². The predicted octanol–water partition coefficient (Wildman–Crippen LogP) is 2.50. The van der Waals surface area contributed by atoms with Gasteiger partial charge in [0.05, 0.1) is 11.1 Å². The number of thioether (sulfide) groups is 1. The summed E-state index contributed by atoms with van der Waals surface area (Å²) in [5.74, 6) is -0.580. The number of anilines is 1. The third-order valence-electron chi connectivity index (χ3n) is 3.70. The molecule has 1 aromatic carbocycles. The van der Waals surface area contributed by atoms with Crippen LogP contribution in [0.1, 0.15) is 27.1 Å². The van der Waals surface area contributed by atoms with Gasteiger partial charge in [0.25, 0.3) is 11.8 Å². The number of nitrogens with zero attached hydrogens (tertiary/aromatic N) is 2. The molecular weight excluding hydrogens is 346 g/mol. The van der Waals surface area contributed by atoms with Gasteiger partial charge >= 0.3 is 0 Å². The third kappa shape index (κ3) is 3.07. The zero-order valence-corrected chi connectivity index (χ0v) is 14.5. The van der Waals surface area contributed by atoms with Gasteiger partial charge in [0.2, 0.25) is 5.91 Å². The maximum atomic E-state index is 12.6. The van der Waals surface area contributed by atoms with Crippen LogP contribution in [0.5, 0.6) is 0 Å². The second-order valence-electron chi connectivity index (χ2n) is 5.15. The van der Waals surface area contributed by atoms with Gasteiger partial charge in [-0.15, -0.1) is 11.3 Å². The number of imide groups is 1. The van der Waals surface area contributed by atoms with Gasteiger partial charge in [-0.1, -0.05) is 12.1 Å². The summed E-state index contributed by atoms with van der Waals surface area (Å²) in [7, 11) is 0. The van der Waals surface area contributed by atoms with E-state index in [9.17, 15) is 14.4 Å². The van der Waals surface area contributed by atoms with Crippen LogP contribution in [0.2, 0.25) is 0 Å². The number of thiazole rings is 1. The van der Waals surface area contributed by atoms with Crippen molar-refractivity contribution in [2.45, 2.75) is 12.5 Å². The molecule has 2 heterocycles. The fourth-order valence-electron chi connectivity index (χ4n) is 2.57. The number of fused-ring (bicyclic) bond motifs is 1. The van der Waals surface area contributed by atoms with Crippen molar-refractivity contribution in [2.24, 2.45) is 0 Å². The van der Waals surface area contributed by atoms with Crippen LogP contribution in [0.25, 0.3) is 0 Å². The lowest BCUT2D eigenvalue weighted by Crippen LogP contribution is -2.47. The SMILES string of the molecule is CSCCC(C(=O)Nc1nccs1)N1C(=O)c2ccccc2C1=O. The molecule has 1 atom stereocenters. The quantitative estimate of drug-likeness (QED) is 0.800. The van der Waals surface area contributed by atoms with Gasteiger partial charge in [0.1, 0.15) is 6.04 Å². The Bertz CT molecular complexity index is 742. The Labute approximate surface area is 147 Å². The lowest BCUT2D eigenvalue weighted by atomic mass is 10.1. The topological polar surface area (TPSA) is 79.4 Å². The zero-order chi connectivity index (χ0) is 17.1. The van der Waals surface area contributed by atoms with E-state index >= 15 is 0 Å². The zero-order valence-electron chi connectivity index (χ0n) is 12.9. The molecule has 1 N–H and O–H groups in total. The normalized spacial score (nSPS) is 14.6. The van der Waals surface area contributed by atoms with Gasteiger partial charge in [-0.25, -0.2) is 4.98 Å². The summed E-state index contributed by atoms with van der Waals surface area (Å²) in [6.45, 7) is 0. The highest BCUT2D eigenvalue weighted by molar-refractivity contribution is 7.98. The average Bonchev–Trinajstić information content (AvgIpc) is 3.18. The van der Waals surface area contributed by atoms with Crippen molar-refractivity contribution in [1.29, 1.82) is 0 Å². The summed E-state index contributed by atoms with van der Waals surface area (Å²) >= 11 is 2.85. The number of hydrogen-bond donors (Lipinski definition) is 1. The van der Waals surface area contributed by atoms with Crippen molar-refractivity contribution in [1.82, 2.24) is 9.88 Å². The van der Waals surface area contributed by atoms with Crippen LogP contribution in [-0.2, 0) is 4.79 Å². The van der Waals surface area contributed by atoms with E-state index in [4.69, 9.17) is 0 Å². The number of benzene rings is 1. The lowest BCUT2D eigenvalue weighted by Gasteiger charge is -2.24. The number of aromatic nitrogens is 1. The van der Waals surface area contributed by atoms with E-state index in [1.54, 1.807) is 47.6 Å². The average molecular weight is 361 g/mol. The molecular formula is C16H15N3O3S2. The molecule has 3 rings (SSSR count). The highest BCUT2D eigenvalue weighted by Crippen LogP contribution is 2.27. The lowest BCUT2D eigenvalue weighted by molar-refractivity contribution is -0.120. The molecule has 0 fully saturated rings. The Kier molecular flexibility index (Phi) is 4.96. The largest absolute Gasteiger partial charge is 0.300 e. The second-order valence-corrected chi connectivity index (χ2v) is 7.03. The van der Waals surface area contributed by atoms with E-state index in [1.807, 2.05) is 6.26 Å². The summed E-state index contributed by atoms with van der Waals surface area (Å²) < 4.78 is 0. The van der Waals surface area contributed by atoms with Crippen molar-refractivity contribution >= 4 is 46.0 Å². The van der Waals surface area contributed by atoms with Crippen molar-refractivity contribution < 1.29 is 14.4 Å². The van der Waals surface area contributed by atoms with Gasteiger partial charge in [0, 0.05) is 11.6 Å². The van der Waals surface area contributed by atoms with Crippen molar-refractivity contribution in [3.63, 3.8) is 0 Å². The minimum absolute atomic E-state index is 0.346. The molecule has 1 aliphatic rings. The van der Waals surface area contributed by atoms with Crippen LogP contribution in [0.4, 0.5) is 5.13 Å². The van der Waals surface area contributed by atoms with E-state index < -0.39 is 23.8 Å². The molecule has 2 aromatic rings. The Morgan fingerprint density at radius 2 is 1.96 bits per heavy atom. The molecule has 1 aliphatic heterocycles. The number of nitrogens with one attached hydrogen (secondary N) is 1. The Morgan fingerprint density at radius 1 is 1.29 bits per heavy atom. The first kappa shape index (κ1) is 16.7. The van der Waals surface area contributed by atoms with Crippen molar-refractivity contribution in [2.75, 3.05) is 17.3 Å². The van der Waals surface area contributed by atoms with Crippen LogP contribution in [-0.4, -0.2) is 45.7 Å². The van der Waals surface area contributed by atoms with Gasteiger partial charge in [-0.05, 0) is 30.6 Å². The minimum Gasteiger partial charge on any atom is -0.300 e. The maximum absolute atomic E-state index is 12.6. The standard InChI is InChI=1S/C16H15N3O3S2/c1-23-8-6-12(13(20)18-16-17-7-9-24-16)19-14(21)10-4-2-3-5-11(10)15(19)22/h2-5,7,9,12H,6,8H2,1H3,(H,17,18,20). The Hall–Kier alpha value is -2.19. The smallest absolute Gasteiger partial charge is 0.262 e. The number of amides is 3. The molecule has 0 aliphatic carbocycles. The highest BCUT2D eigenvalue weighted by Gasteiger charge is 2.42. The molecule has 3 amide bonds. The van der Waals surface area contributed by atoms with Gasteiger partial charge in [0.15, 0.2) is 5.13 Å². The van der Waals surface area contributed by atoms with Crippen LogP contribution >= 0.6 is 23.1 Å². The molecule has 6 nitrogen and oxygen atoms in total. The molecule has 124 valence electrons. The number of hydrogen-bond acceptors (Lipinski definition) is 6. The Balaban J connectivity index is 1.88. The van der Waals surface area contributed by atoms with E-state index in [0.717, 1.165) is 4.90 Å². The van der Waals surface area contributed by atoms with Crippen molar-refractivity contribution in [3.05, 3.63) is 47.0 Å². The van der Waals surface area contributed by atoms with Gasteiger partial charge in [-0.2, -0.15) is 11.8 Å². The minimum atomic E-state index is -0.853. The van der Waals surface area contributed by atoms with E-state index in [2.05, 4.69) is 10.3 Å².